The zero-order valence-corrected chi connectivity index (χ0v) is 12.2. The summed E-state index contributed by atoms with van der Waals surface area (Å²) in [4.78, 5) is 0. The normalized spacial score (nSPS) is 30.3. The molecule has 2 heterocycles. The maximum absolute atomic E-state index is 12.5. The fourth-order valence-electron chi connectivity index (χ4n) is 3.59. The molecule has 0 N–H and O–H groups in total. The molecule has 1 aromatic carbocycles. The molecule has 2 atom stereocenters. The third kappa shape index (κ3) is 1.93. The second kappa shape index (κ2) is 4.43. The van der Waals surface area contributed by atoms with Crippen molar-refractivity contribution < 1.29 is 8.42 Å². The molecule has 0 spiro atoms. The van der Waals surface area contributed by atoms with Gasteiger partial charge in [-0.2, -0.15) is 4.31 Å². The van der Waals surface area contributed by atoms with Crippen LogP contribution in [0.4, 0.5) is 0 Å². The van der Waals surface area contributed by atoms with Gasteiger partial charge in [0.15, 0.2) is 0 Å². The first-order valence-corrected chi connectivity index (χ1v) is 8.95. The van der Waals surface area contributed by atoms with Gasteiger partial charge >= 0.3 is 0 Å². The van der Waals surface area contributed by atoms with Crippen molar-refractivity contribution in [2.45, 2.75) is 49.4 Å². The summed E-state index contributed by atoms with van der Waals surface area (Å²) < 4.78 is 26.9. The van der Waals surface area contributed by atoms with E-state index < -0.39 is 10.0 Å². The van der Waals surface area contributed by atoms with Crippen LogP contribution in [0.25, 0.3) is 5.57 Å². The van der Waals surface area contributed by atoms with Crippen molar-refractivity contribution in [1.82, 2.24) is 4.31 Å². The first-order valence-electron chi connectivity index (χ1n) is 7.45. The van der Waals surface area contributed by atoms with E-state index in [0.29, 0.717) is 0 Å². The highest BCUT2D eigenvalue weighted by atomic mass is 32.2. The minimum absolute atomic E-state index is 0.0859. The van der Waals surface area contributed by atoms with E-state index in [-0.39, 0.29) is 17.3 Å². The summed E-state index contributed by atoms with van der Waals surface area (Å²) in [7, 11) is -3.04. The summed E-state index contributed by atoms with van der Waals surface area (Å²) >= 11 is 0. The van der Waals surface area contributed by atoms with Gasteiger partial charge in [-0.25, -0.2) is 8.42 Å². The van der Waals surface area contributed by atoms with E-state index in [1.807, 2.05) is 22.5 Å². The van der Waals surface area contributed by atoms with Crippen LogP contribution in [-0.2, 0) is 10.0 Å². The van der Waals surface area contributed by atoms with E-state index in [0.717, 1.165) is 32.1 Å². The van der Waals surface area contributed by atoms with Crippen LogP contribution in [0.5, 0.6) is 0 Å². The van der Waals surface area contributed by atoms with Crippen LogP contribution in [0.1, 0.15) is 37.7 Å². The second-order valence-electron chi connectivity index (χ2n) is 6.13. The monoisotopic (exact) mass is 289 g/mol. The van der Waals surface area contributed by atoms with Crippen molar-refractivity contribution in [3.05, 3.63) is 42.0 Å². The van der Waals surface area contributed by atoms with Gasteiger partial charge in [-0.3, -0.25) is 0 Å². The molecule has 3 nitrogen and oxygen atoms in total. The summed E-state index contributed by atoms with van der Waals surface area (Å²) in [6.07, 6.45) is 6.75. The van der Waals surface area contributed by atoms with Crippen LogP contribution >= 0.6 is 0 Å². The van der Waals surface area contributed by atoms with Crippen LogP contribution in [0.15, 0.2) is 36.4 Å². The van der Waals surface area contributed by atoms with Gasteiger partial charge in [0.2, 0.25) is 10.0 Å². The lowest BCUT2D eigenvalue weighted by Gasteiger charge is -2.33. The molecule has 0 amide bonds. The third-order valence-electron chi connectivity index (χ3n) is 4.72. The predicted octanol–water partition coefficient (Wildman–Crippen LogP) is 2.80. The van der Waals surface area contributed by atoms with Crippen molar-refractivity contribution in [3.8, 4) is 0 Å². The fraction of sp³-hybridized carbons (Fsp3) is 0.500. The van der Waals surface area contributed by atoms with E-state index in [9.17, 15) is 8.42 Å². The topological polar surface area (TPSA) is 37.4 Å². The maximum atomic E-state index is 12.5. The Balaban J connectivity index is 1.68. The molecule has 2 aliphatic heterocycles. The van der Waals surface area contributed by atoms with Gasteiger partial charge in [0.1, 0.15) is 0 Å². The van der Waals surface area contributed by atoms with E-state index in [4.69, 9.17) is 0 Å². The predicted molar refractivity (Wildman–Crippen MR) is 79.6 cm³/mol. The van der Waals surface area contributed by atoms with Gasteiger partial charge in [-0.1, -0.05) is 36.4 Å². The van der Waals surface area contributed by atoms with Gasteiger partial charge in [0, 0.05) is 12.1 Å². The summed E-state index contributed by atoms with van der Waals surface area (Å²) in [5.74, 6) is 0. The highest BCUT2D eigenvalue weighted by molar-refractivity contribution is 7.90. The Bertz CT molecular complexity index is 646. The van der Waals surface area contributed by atoms with Gasteiger partial charge < -0.3 is 0 Å². The zero-order valence-electron chi connectivity index (χ0n) is 11.4. The van der Waals surface area contributed by atoms with E-state index in [2.05, 4.69) is 18.2 Å². The third-order valence-corrected chi connectivity index (χ3v) is 7.19. The molecule has 3 aliphatic rings. The number of hydrogen-bond acceptors (Lipinski definition) is 2. The molecule has 0 radical (unpaired) electrons. The average molecular weight is 289 g/mol. The molecule has 1 saturated heterocycles. The highest BCUT2D eigenvalue weighted by Crippen LogP contribution is 2.44. The summed E-state index contributed by atoms with van der Waals surface area (Å²) in [5.41, 5.74) is 2.56. The first-order chi connectivity index (χ1) is 9.66. The Labute approximate surface area is 120 Å². The van der Waals surface area contributed by atoms with Gasteiger partial charge in [0.05, 0.1) is 5.25 Å². The maximum Gasteiger partial charge on any atom is 0.217 e. The Morgan fingerprint density at radius 3 is 2.40 bits per heavy atom. The number of hydrogen-bond donors (Lipinski definition) is 0. The molecule has 0 aromatic heterocycles. The van der Waals surface area contributed by atoms with Crippen LogP contribution in [0.2, 0.25) is 0 Å². The van der Waals surface area contributed by atoms with Crippen molar-refractivity contribution >= 4 is 15.6 Å². The van der Waals surface area contributed by atoms with Crippen LogP contribution in [-0.4, -0.2) is 30.1 Å². The summed E-state index contributed by atoms with van der Waals surface area (Å²) in [5, 5.41) is -0.0859. The SMILES string of the molecule is O=S(=O)(C1CC1)N1[C@@H]2CC[C@@H]1C=C(c1ccccc1)C2. The van der Waals surface area contributed by atoms with Crippen molar-refractivity contribution in [2.75, 3.05) is 0 Å². The summed E-state index contributed by atoms with van der Waals surface area (Å²) in [6.45, 7) is 0. The first kappa shape index (κ1) is 12.6. The van der Waals surface area contributed by atoms with Crippen LogP contribution in [0.3, 0.4) is 0 Å². The second-order valence-corrected chi connectivity index (χ2v) is 8.25. The summed E-state index contributed by atoms with van der Waals surface area (Å²) in [6, 6.07) is 10.6. The molecule has 4 heteroatoms. The molecule has 1 saturated carbocycles. The number of fused-ring (bicyclic) bond motifs is 2. The van der Waals surface area contributed by atoms with Gasteiger partial charge in [-0.05, 0) is 43.2 Å². The smallest absolute Gasteiger partial charge is 0.212 e. The molecule has 2 fully saturated rings. The Morgan fingerprint density at radius 2 is 1.75 bits per heavy atom. The largest absolute Gasteiger partial charge is 0.217 e. The van der Waals surface area contributed by atoms with Crippen LogP contribution in [0, 0.1) is 0 Å². The lowest BCUT2D eigenvalue weighted by Crippen LogP contribution is -2.44. The lowest BCUT2D eigenvalue weighted by atomic mass is 9.96. The quantitative estimate of drug-likeness (QED) is 0.858. The van der Waals surface area contributed by atoms with Gasteiger partial charge in [-0.15, -0.1) is 0 Å². The number of sulfonamides is 1. The minimum Gasteiger partial charge on any atom is -0.212 e. The highest BCUT2D eigenvalue weighted by Gasteiger charge is 2.49. The molecule has 106 valence electrons. The Kier molecular flexibility index (Phi) is 2.79. The standard InChI is InChI=1S/C16H19NO2S/c18-20(19,16-8-9-16)17-14-6-7-15(17)11-13(10-14)12-4-2-1-3-5-12/h1-5,10,14-16H,6-9,11H2/t14-,15-/m1/s1. The van der Waals surface area contributed by atoms with Gasteiger partial charge in [0.25, 0.3) is 0 Å². The molecule has 1 aromatic rings. The van der Waals surface area contributed by atoms with E-state index in [1.165, 1.54) is 11.1 Å². The average Bonchev–Trinajstić information content (AvgIpc) is 3.26. The number of nitrogens with zero attached hydrogens (tertiary/aromatic N) is 1. The molecular formula is C16H19NO2S. The van der Waals surface area contributed by atoms with E-state index >= 15 is 0 Å². The van der Waals surface area contributed by atoms with Crippen molar-refractivity contribution in [1.29, 1.82) is 0 Å². The molecule has 2 bridgehead atoms. The lowest BCUT2D eigenvalue weighted by molar-refractivity contribution is 0.345. The number of rotatable bonds is 3. The molecule has 20 heavy (non-hydrogen) atoms. The molecule has 0 unspecified atom stereocenters. The molecular weight excluding hydrogens is 270 g/mol. The van der Waals surface area contributed by atoms with Crippen LogP contribution < -0.4 is 0 Å². The Morgan fingerprint density at radius 1 is 1.00 bits per heavy atom. The van der Waals surface area contributed by atoms with E-state index in [1.54, 1.807) is 0 Å². The Hall–Kier alpha value is -1.13. The number of benzene rings is 1. The zero-order chi connectivity index (χ0) is 13.7. The fourth-order valence-corrected chi connectivity index (χ4v) is 5.81. The molecule has 4 rings (SSSR count). The van der Waals surface area contributed by atoms with Crippen molar-refractivity contribution in [3.63, 3.8) is 0 Å². The van der Waals surface area contributed by atoms with Crippen molar-refractivity contribution in [2.24, 2.45) is 0 Å². The molecule has 1 aliphatic carbocycles. The minimum atomic E-state index is -3.04.